The van der Waals surface area contributed by atoms with E-state index < -0.39 is 6.10 Å². The van der Waals surface area contributed by atoms with Gasteiger partial charge in [0.2, 0.25) is 0 Å². The van der Waals surface area contributed by atoms with Gasteiger partial charge in [-0.25, -0.2) is 0 Å². The zero-order chi connectivity index (χ0) is 40.7. The SMILES string of the molecule is CC/C=C\C/C=C\C/C=C\C/C=C\C/C=C\CCCCCCCCCCCCCC(=O)OC(CO)COC(=O)CCCCCCC/C=C\C/C=C\CCCCC. The Kier molecular flexibility index (Phi) is 44.0. The van der Waals surface area contributed by atoms with Gasteiger partial charge in [-0.1, -0.05) is 189 Å². The van der Waals surface area contributed by atoms with Crippen LogP contribution in [0.1, 0.15) is 206 Å². The summed E-state index contributed by atoms with van der Waals surface area (Å²) in [6, 6.07) is 0. The predicted molar refractivity (Wildman–Crippen MR) is 242 cm³/mol. The first kappa shape index (κ1) is 53.1. The second-order valence-electron chi connectivity index (χ2n) is 15.1. The Bertz CT molecular complexity index is 1060. The van der Waals surface area contributed by atoms with Crippen LogP contribution in [-0.4, -0.2) is 36.4 Å². The van der Waals surface area contributed by atoms with E-state index in [4.69, 9.17) is 9.47 Å². The van der Waals surface area contributed by atoms with Crippen molar-refractivity contribution in [1.29, 1.82) is 0 Å². The van der Waals surface area contributed by atoms with Gasteiger partial charge < -0.3 is 14.6 Å². The van der Waals surface area contributed by atoms with Crippen LogP contribution in [0.5, 0.6) is 0 Å². The molecule has 1 unspecified atom stereocenters. The van der Waals surface area contributed by atoms with Crippen LogP contribution in [0.3, 0.4) is 0 Å². The summed E-state index contributed by atoms with van der Waals surface area (Å²) in [4.78, 5) is 24.4. The summed E-state index contributed by atoms with van der Waals surface area (Å²) in [5, 5.41) is 9.59. The van der Waals surface area contributed by atoms with E-state index in [2.05, 4.69) is 98.9 Å². The Labute approximate surface area is 346 Å². The number of carbonyl (C=O) groups is 2. The first-order valence-corrected chi connectivity index (χ1v) is 23.1. The minimum absolute atomic E-state index is 0.0777. The fraction of sp³-hybridized carbons (Fsp3) is 0.686. The molecule has 0 saturated carbocycles. The van der Waals surface area contributed by atoms with Crippen LogP contribution in [0.15, 0.2) is 85.1 Å². The van der Waals surface area contributed by atoms with Crippen molar-refractivity contribution in [2.45, 2.75) is 213 Å². The van der Waals surface area contributed by atoms with Crippen molar-refractivity contribution >= 4 is 11.9 Å². The molecule has 5 heteroatoms. The van der Waals surface area contributed by atoms with Gasteiger partial charge in [-0.15, -0.1) is 0 Å². The highest BCUT2D eigenvalue weighted by Gasteiger charge is 2.16. The molecule has 1 atom stereocenters. The number of aliphatic hydroxyl groups is 1. The van der Waals surface area contributed by atoms with Crippen molar-refractivity contribution in [2.75, 3.05) is 13.2 Å². The summed E-state index contributed by atoms with van der Waals surface area (Å²) < 4.78 is 10.6. The fourth-order valence-electron chi connectivity index (χ4n) is 6.20. The molecule has 5 nitrogen and oxygen atoms in total. The van der Waals surface area contributed by atoms with Crippen LogP contribution in [0, 0.1) is 0 Å². The van der Waals surface area contributed by atoms with E-state index in [0.717, 1.165) is 83.5 Å². The van der Waals surface area contributed by atoms with Gasteiger partial charge in [-0.05, 0) is 89.9 Å². The number of carbonyl (C=O) groups excluding carboxylic acids is 2. The normalized spacial score (nSPS) is 13.0. The zero-order valence-corrected chi connectivity index (χ0v) is 36.4. The molecular weight excluding hydrogens is 693 g/mol. The fourth-order valence-corrected chi connectivity index (χ4v) is 6.20. The average Bonchev–Trinajstić information content (AvgIpc) is 3.20. The maximum absolute atomic E-state index is 12.2. The minimum Gasteiger partial charge on any atom is -0.462 e. The van der Waals surface area contributed by atoms with Gasteiger partial charge in [-0.2, -0.15) is 0 Å². The van der Waals surface area contributed by atoms with Gasteiger partial charge in [0, 0.05) is 12.8 Å². The quantitative estimate of drug-likeness (QED) is 0.0380. The van der Waals surface area contributed by atoms with Crippen molar-refractivity contribution in [3.8, 4) is 0 Å². The third kappa shape index (κ3) is 43.8. The molecule has 0 aromatic heterocycles. The van der Waals surface area contributed by atoms with Crippen molar-refractivity contribution in [3.05, 3.63) is 85.1 Å². The molecule has 1 N–H and O–H groups in total. The molecule has 0 spiro atoms. The van der Waals surface area contributed by atoms with Crippen LogP contribution in [-0.2, 0) is 19.1 Å². The van der Waals surface area contributed by atoms with Gasteiger partial charge in [-0.3, -0.25) is 9.59 Å². The molecule has 0 aliphatic heterocycles. The van der Waals surface area contributed by atoms with Crippen LogP contribution < -0.4 is 0 Å². The largest absolute Gasteiger partial charge is 0.462 e. The van der Waals surface area contributed by atoms with Crippen LogP contribution in [0.25, 0.3) is 0 Å². The van der Waals surface area contributed by atoms with E-state index >= 15 is 0 Å². The van der Waals surface area contributed by atoms with E-state index in [1.54, 1.807) is 0 Å². The van der Waals surface area contributed by atoms with Gasteiger partial charge in [0.25, 0.3) is 0 Å². The highest BCUT2D eigenvalue weighted by atomic mass is 16.6. The number of esters is 2. The summed E-state index contributed by atoms with van der Waals surface area (Å²) in [5.41, 5.74) is 0. The molecule has 0 aliphatic rings. The molecule has 0 heterocycles. The molecule has 0 fully saturated rings. The Morgan fingerprint density at radius 1 is 0.429 bits per heavy atom. The molecule has 0 rings (SSSR count). The topological polar surface area (TPSA) is 72.8 Å². The first-order valence-electron chi connectivity index (χ1n) is 23.1. The van der Waals surface area contributed by atoms with E-state index in [9.17, 15) is 14.7 Å². The maximum atomic E-state index is 12.2. The standard InChI is InChI=1S/C51H86O5/c1-3-5-7-9-11-13-15-17-19-20-21-22-23-24-25-26-27-28-29-30-32-34-36-38-40-42-44-46-51(54)56-49(47-52)48-55-50(53)45-43-41-39-37-35-33-31-18-16-14-12-10-8-6-4-2/h5,7,11-14,17-19,21-22,24-25,31,49,52H,3-4,6,8-10,15-16,20,23,26-30,32-48H2,1-2H3/b7-5-,13-11-,14-12-,19-17-,22-21-,25-24-,31-18-. The van der Waals surface area contributed by atoms with Gasteiger partial charge in [0.1, 0.15) is 6.61 Å². The molecule has 0 amide bonds. The lowest BCUT2D eigenvalue weighted by Gasteiger charge is -2.15. The third-order valence-corrected chi connectivity index (χ3v) is 9.67. The highest BCUT2D eigenvalue weighted by Crippen LogP contribution is 2.14. The van der Waals surface area contributed by atoms with Crippen molar-refractivity contribution in [2.24, 2.45) is 0 Å². The van der Waals surface area contributed by atoms with E-state index in [-0.39, 0.29) is 25.2 Å². The average molecular weight is 779 g/mol. The van der Waals surface area contributed by atoms with Crippen molar-refractivity contribution in [3.63, 3.8) is 0 Å². The maximum Gasteiger partial charge on any atom is 0.306 e. The molecular formula is C51H86O5. The van der Waals surface area contributed by atoms with E-state index in [0.29, 0.717) is 12.8 Å². The molecule has 0 aromatic rings. The van der Waals surface area contributed by atoms with Crippen molar-refractivity contribution in [1.82, 2.24) is 0 Å². The number of hydrogen-bond donors (Lipinski definition) is 1. The second kappa shape index (κ2) is 46.5. The summed E-state index contributed by atoms with van der Waals surface area (Å²) in [6.45, 7) is 3.98. The van der Waals surface area contributed by atoms with Crippen LogP contribution >= 0.6 is 0 Å². The number of aliphatic hydroxyl groups excluding tert-OH is 1. The second-order valence-corrected chi connectivity index (χ2v) is 15.1. The zero-order valence-electron chi connectivity index (χ0n) is 36.4. The molecule has 0 aromatic carbocycles. The summed E-state index contributed by atoms with van der Waals surface area (Å²) in [6.07, 6.45) is 63.7. The number of allylic oxidation sites excluding steroid dienone is 14. The number of rotatable bonds is 41. The number of unbranched alkanes of at least 4 members (excludes halogenated alkanes) is 19. The highest BCUT2D eigenvalue weighted by molar-refractivity contribution is 5.70. The predicted octanol–water partition coefficient (Wildman–Crippen LogP) is 15.1. The molecule has 0 saturated heterocycles. The Hall–Kier alpha value is -2.92. The lowest BCUT2D eigenvalue weighted by molar-refractivity contribution is -0.161. The monoisotopic (exact) mass is 779 g/mol. The van der Waals surface area contributed by atoms with Crippen LogP contribution in [0.4, 0.5) is 0 Å². The lowest BCUT2D eigenvalue weighted by atomic mass is 10.0. The molecule has 0 radical (unpaired) electrons. The minimum atomic E-state index is -0.783. The van der Waals surface area contributed by atoms with Gasteiger partial charge >= 0.3 is 11.9 Å². The number of ether oxygens (including phenoxy) is 2. The Morgan fingerprint density at radius 3 is 1.16 bits per heavy atom. The summed E-state index contributed by atoms with van der Waals surface area (Å²) in [5.74, 6) is -0.613. The molecule has 0 aliphatic carbocycles. The third-order valence-electron chi connectivity index (χ3n) is 9.67. The van der Waals surface area contributed by atoms with Gasteiger partial charge in [0.15, 0.2) is 6.10 Å². The van der Waals surface area contributed by atoms with E-state index in [1.165, 1.54) is 96.3 Å². The Balaban J connectivity index is 3.56. The Morgan fingerprint density at radius 2 is 0.768 bits per heavy atom. The lowest BCUT2D eigenvalue weighted by Crippen LogP contribution is -2.28. The first-order chi connectivity index (χ1) is 27.6. The van der Waals surface area contributed by atoms with Crippen molar-refractivity contribution < 1.29 is 24.2 Å². The molecule has 56 heavy (non-hydrogen) atoms. The number of hydrogen-bond acceptors (Lipinski definition) is 5. The summed E-state index contributed by atoms with van der Waals surface area (Å²) in [7, 11) is 0. The molecule has 320 valence electrons. The van der Waals surface area contributed by atoms with Crippen LogP contribution in [0.2, 0.25) is 0 Å². The molecule has 0 bridgehead atoms. The van der Waals surface area contributed by atoms with E-state index in [1.807, 2.05) is 0 Å². The summed E-state index contributed by atoms with van der Waals surface area (Å²) >= 11 is 0. The van der Waals surface area contributed by atoms with Gasteiger partial charge in [0.05, 0.1) is 6.61 Å². The smallest absolute Gasteiger partial charge is 0.306 e.